The average Bonchev–Trinajstić information content (AvgIpc) is 3.20. The minimum Gasteiger partial charge on any atom is -0.497 e. The predicted octanol–water partition coefficient (Wildman–Crippen LogP) is 5.09. The summed E-state index contributed by atoms with van der Waals surface area (Å²) >= 11 is 0. The molecule has 3 aromatic rings. The lowest BCUT2D eigenvalue weighted by Crippen LogP contribution is -2.29. The molecule has 0 saturated carbocycles. The van der Waals surface area contributed by atoms with E-state index in [0.29, 0.717) is 23.3 Å². The molecule has 1 aliphatic rings. The standard InChI is InChI=1S/C23H20F3N3O3/c1-13-11-18(14-3-7-16(8-4-14)23(24,25)26)21(30)20-19(12-27-29(13)20)28-22(31)15-5-9-17(32-2)10-6-15/h3-10,12-13,18H,11H2,1-2H3,(H,28,31)/t13-,18?/m0/s1. The molecule has 2 aromatic carbocycles. The van der Waals surface area contributed by atoms with Crippen LogP contribution in [0.25, 0.3) is 0 Å². The zero-order valence-corrected chi connectivity index (χ0v) is 17.3. The second-order valence-corrected chi connectivity index (χ2v) is 7.66. The fraction of sp³-hybridized carbons (Fsp3) is 0.261. The SMILES string of the molecule is COc1ccc(C(=O)Nc2cnn3c2C(=O)C(c2ccc(C(F)(F)F)cc2)C[C@@H]3C)cc1. The number of fused-ring (bicyclic) bond motifs is 1. The molecule has 0 saturated heterocycles. The fourth-order valence-corrected chi connectivity index (χ4v) is 3.88. The average molecular weight is 443 g/mol. The van der Waals surface area contributed by atoms with Crippen molar-refractivity contribution in [3.8, 4) is 5.75 Å². The zero-order chi connectivity index (χ0) is 23.0. The zero-order valence-electron chi connectivity index (χ0n) is 17.3. The van der Waals surface area contributed by atoms with Crippen LogP contribution in [0.2, 0.25) is 0 Å². The first-order valence-electron chi connectivity index (χ1n) is 9.93. The lowest BCUT2D eigenvalue weighted by atomic mass is 9.84. The maximum atomic E-state index is 13.3. The number of methoxy groups -OCH3 is 1. The predicted molar refractivity (Wildman–Crippen MR) is 111 cm³/mol. The molecule has 1 unspecified atom stereocenters. The summed E-state index contributed by atoms with van der Waals surface area (Å²) in [5, 5.41) is 6.97. The summed E-state index contributed by atoms with van der Waals surface area (Å²) in [5.74, 6) is -0.744. The number of hydrogen-bond donors (Lipinski definition) is 1. The van der Waals surface area contributed by atoms with E-state index in [1.54, 1.807) is 28.9 Å². The van der Waals surface area contributed by atoms with Gasteiger partial charge < -0.3 is 10.1 Å². The van der Waals surface area contributed by atoms with E-state index in [0.717, 1.165) is 12.1 Å². The van der Waals surface area contributed by atoms with Gasteiger partial charge in [0.1, 0.15) is 11.4 Å². The molecule has 32 heavy (non-hydrogen) atoms. The van der Waals surface area contributed by atoms with E-state index in [9.17, 15) is 22.8 Å². The van der Waals surface area contributed by atoms with Crippen LogP contribution in [0.15, 0.2) is 54.7 Å². The van der Waals surface area contributed by atoms with Crippen LogP contribution >= 0.6 is 0 Å². The van der Waals surface area contributed by atoms with Gasteiger partial charge in [-0.2, -0.15) is 18.3 Å². The molecule has 1 N–H and O–H groups in total. The molecule has 0 bridgehead atoms. The highest BCUT2D eigenvalue weighted by Crippen LogP contribution is 2.39. The maximum absolute atomic E-state index is 13.3. The van der Waals surface area contributed by atoms with Gasteiger partial charge in [0.2, 0.25) is 0 Å². The third-order valence-electron chi connectivity index (χ3n) is 5.58. The molecule has 1 amide bonds. The molecule has 0 fully saturated rings. The number of nitrogens with zero attached hydrogens (tertiary/aromatic N) is 2. The highest BCUT2D eigenvalue weighted by molar-refractivity contribution is 6.10. The lowest BCUT2D eigenvalue weighted by molar-refractivity contribution is -0.137. The molecule has 0 spiro atoms. The number of carbonyl (C=O) groups is 2. The molecular formula is C23H20F3N3O3. The number of hydrogen-bond acceptors (Lipinski definition) is 4. The van der Waals surface area contributed by atoms with E-state index < -0.39 is 23.6 Å². The summed E-state index contributed by atoms with van der Waals surface area (Å²) in [5.41, 5.74) is 0.598. The second kappa shape index (κ2) is 8.14. The first-order valence-corrected chi connectivity index (χ1v) is 9.93. The Morgan fingerprint density at radius 1 is 1.12 bits per heavy atom. The highest BCUT2D eigenvalue weighted by Gasteiger charge is 2.37. The number of carbonyl (C=O) groups excluding carboxylic acids is 2. The third kappa shape index (κ3) is 3.98. The summed E-state index contributed by atoms with van der Waals surface area (Å²) in [7, 11) is 1.52. The largest absolute Gasteiger partial charge is 0.497 e. The number of nitrogens with one attached hydrogen (secondary N) is 1. The van der Waals surface area contributed by atoms with Crippen molar-refractivity contribution in [2.75, 3.05) is 12.4 Å². The Morgan fingerprint density at radius 2 is 1.78 bits per heavy atom. The van der Waals surface area contributed by atoms with Crippen molar-refractivity contribution in [3.05, 3.63) is 77.1 Å². The summed E-state index contributed by atoms with van der Waals surface area (Å²) in [6.45, 7) is 1.87. The van der Waals surface area contributed by atoms with E-state index in [4.69, 9.17) is 4.74 Å². The van der Waals surface area contributed by atoms with E-state index in [1.165, 1.54) is 25.4 Å². The van der Waals surface area contributed by atoms with Crippen molar-refractivity contribution in [1.29, 1.82) is 0 Å². The van der Waals surface area contributed by atoms with E-state index in [-0.39, 0.29) is 23.2 Å². The monoisotopic (exact) mass is 443 g/mol. The minimum absolute atomic E-state index is 0.179. The van der Waals surface area contributed by atoms with Gasteiger partial charge in [0.25, 0.3) is 5.91 Å². The minimum atomic E-state index is -4.44. The van der Waals surface area contributed by atoms with Crippen LogP contribution in [0.4, 0.5) is 18.9 Å². The second-order valence-electron chi connectivity index (χ2n) is 7.66. The number of ether oxygens (including phenoxy) is 1. The van der Waals surface area contributed by atoms with Gasteiger partial charge in [0.15, 0.2) is 5.78 Å². The third-order valence-corrected chi connectivity index (χ3v) is 5.58. The quantitative estimate of drug-likeness (QED) is 0.609. The van der Waals surface area contributed by atoms with Crippen molar-refractivity contribution in [2.24, 2.45) is 0 Å². The van der Waals surface area contributed by atoms with E-state index >= 15 is 0 Å². The number of alkyl halides is 3. The number of aromatic nitrogens is 2. The summed E-state index contributed by atoms with van der Waals surface area (Å²) in [4.78, 5) is 25.9. The Kier molecular flexibility index (Phi) is 5.50. The normalized spacial score (nSPS) is 18.2. The Bertz CT molecular complexity index is 1150. The van der Waals surface area contributed by atoms with Crippen LogP contribution < -0.4 is 10.1 Å². The Labute approximate surface area is 182 Å². The van der Waals surface area contributed by atoms with E-state index in [1.807, 2.05) is 6.92 Å². The first-order chi connectivity index (χ1) is 15.2. The summed E-state index contributed by atoms with van der Waals surface area (Å²) < 4.78 is 45.3. The molecule has 0 radical (unpaired) electrons. The molecule has 1 aliphatic heterocycles. The van der Waals surface area contributed by atoms with Gasteiger partial charge in [0.05, 0.1) is 36.5 Å². The molecule has 2 atom stereocenters. The van der Waals surface area contributed by atoms with Crippen molar-refractivity contribution in [1.82, 2.24) is 9.78 Å². The van der Waals surface area contributed by atoms with Gasteiger partial charge in [-0.25, -0.2) is 0 Å². The van der Waals surface area contributed by atoms with Crippen LogP contribution in [0.3, 0.4) is 0 Å². The van der Waals surface area contributed by atoms with Gasteiger partial charge in [-0.15, -0.1) is 0 Å². The van der Waals surface area contributed by atoms with Gasteiger partial charge in [-0.1, -0.05) is 12.1 Å². The smallest absolute Gasteiger partial charge is 0.416 e. The van der Waals surface area contributed by atoms with Crippen LogP contribution in [0, 0.1) is 0 Å². The van der Waals surface area contributed by atoms with Crippen LogP contribution in [-0.2, 0) is 6.18 Å². The molecule has 9 heteroatoms. The fourth-order valence-electron chi connectivity index (χ4n) is 3.88. The molecule has 4 rings (SSSR count). The number of amides is 1. The number of halogens is 3. The van der Waals surface area contributed by atoms with Gasteiger partial charge in [0, 0.05) is 5.56 Å². The molecule has 2 heterocycles. The Hall–Kier alpha value is -3.62. The van der Waals surface area contributed by atoms with Crippen molar-refractivity contribution in [2.45, 2.75) is 31.5 Å². The van der Waals surface area contributed by atoms with Gasteiger partial charge >= 0.3 is 6.18 Å². The van der Waals surface area contributed by atoms with Crippen LogP contribution in [-0.4, -0.2) is 28.6 Å². The molecular weight excluding hydrogens is 423 g/mol. The number of anilines is 1. The molecule has 1 aromatic heterocycles. The Morgan fingerprint density at radius 3 is 2.38 bits per heavy atom. The molecule has 6 nitrogen and oxygen atoms in total. The molecule has 166 valence electrons. The van der Waals surface area contributed by atoms with Crippen molar-refractivity contribution >= 4 is 17.4 Å². The van der Waals surface area contributed by atoms with Crippen LogP contribution in [0.1, 0.15) is 57.3 Å². The lowest BCUT2D eigenvalue weighted by Gasteiger charge is -2.28. The number of ketones is 1. The summed E-state index contributed by atoms with van der Waals surface area (Å²) in [6.07, 6.45) is -2.63. The van der Waals surface area contributed by atoms with Gasteiger partial charge in [-0.3, -0.25) is 14.3 Å². The maximum Gasteiger partial charge on any atom is 0.416 e. The highest BCUT2D eigenvalue weighted by atomic mass is 19.4. The number of rotatable bonds is 4. The van der Waals surface area contributed by atoms with Crippen molar-refractivity contribution < 1.29 is 27.5 Å². The number of benzene rings is 2. The van der Waals surface area contributed by atoms with Gasteiger partial charge in [-0.05, 0) is 55.3 Å². The summed E-state index contributed by atoms with van der Waals surface area (Å²) in [6, 6.07) is 10.9. The number of Topliss-reactive ketones (excluding diaryl/α,β-unsaturated/α-hetero) is 1. The van der Waals surface area contributed by atoms with E-state index in [2.05, 4.69) is 10.4 Å². The first kappa shape index (κ1) is 21.6. The van der Waals surface area contributed by atoms with Crippen LogP contribution in [0.5, 0.6) is 5.75 Å². The topological polar surface area (TPSA) is 73.2 Å². The molecule has 0 aliphatic carbocycles. The van der Waals surface area contributed by atoms with Crippen molar-refractivity contribution in [3.63, 3.8) is 0 Å². The Balaban J connectivity index is 1.60.